The molecule has 272 valence electrons. The Hall–Kier alpha value is -4.83. The van der Waals surface area contributed by atoms with Gasteiger partial charge in [0.05, 0.1) is 23.2 Å². The second-order valence-corrected chi connectivity index (χ2v) is 15.4. The molecule has 16 heteroatoms. The summed E-state index contributed by atoms with van der Waals surface area (Å²) in [7, 11) is -3.87. The number of carboxylic acid groups (broad SMARTS) is 1. The van der Waals surface area contributed by atoms with Crippen molar-refractivity contribution in [2.45, 2.75) is 70.3 Å². The summed E-state index contributed by atoms with van der Waals surface area (Å²) in [6.45, 7) is 4.96. The molecule has 0 spiro atoms. The molecule has 2 heterocycles. The number of alkyl halides is 3. The number of sulfonamides is 1. The molecule has 1 aliphatic carbocycles. The Morgan fingerprint density at radius 1 is 1.00 bits per heavy atom. The summed E-state index contributed by atoms with van der Waals surface area (Å²) in [4.78, 5) is 30.9. The number of rotatable bonds is 12. The van der Waals surface area contributed by atoms with Crippen LogP contribution in [-0.2, 0) is 28.3 Å². The number of halogens is 4. The van der Waals surface area contributed by atoms with Crippen molar-refractivity contribution in [2.24, 2.45) is 5.92 Å². The Labute approximate surface area is 292 Å². The molecule has 2 aromatic heterocycles. The fraction of sp³-hybridized carbons (Fsp3) is 0.371. The third-order valence-corrected chi connectivity index (χ3v) is 9.35. The number of hydrogen-bond donors (Lipinski definition) is 3. The molecule has 2 aromatic carbocycles. The zero-order valence-corrected chi connectivity index (χ0v) is 29.1. The SMILES string of the molecule is CC(C)(C)N(Cc1cccc(-n2nc(C(F)(F)F)cc2C(=O)Nc2cc(C(CCC3CC3)(NS(C)(=O)=O)c3ccncc3)ccc2F)c1)C(=O)O. The summed E-state index contributed by atoms with van der Waals surface area (Å²) >= 11 is 0. The number of carbonyl (C=O) groups excluding carboxylic acids is 1. The Balaban J connectivity index is 1.56. The standard InChI is InChI=1S/C35H38F4N6O5S/c1-33(2,3)44(32(47)48)21-23-6-5-7-26(18-23)45-29(20-30(42-45)35(37,38)39)31(46)41-28-19-25(10-11-27(28)36)34(43-51(4,49)50,15-12-22-8-9-22)24-13-16-40-17-14-24/h5-7,10-11,13-14,16-20,22,43H,8-9,12,15,21H2,1-4H3,(H,41,46)(H,47,48). The Morgan fingerprint density at radius 3 is 2.27 bits per heavy atom. The molecule has 1 aliphatic rings. The van der Waals surface area contributed by atoms with E-state index in [9.17, 15) is 36.3 Å². The molecule has 1 saturated carbocycles. The van der Waals surface area contributed by atoms with Crippen LogP contribution < -0.4 is 10.0 Å². The number of benzene rings is 2. The maximum atomic E-state index is 15.4. The summed E-state index contributed by atoms with van der Waals surface area (Å²) in [5.41, 5.74) is -3.33. The minimum absolute atomic E-state index is 0.0238. The Kier molecular flexibility index (Phi) is 10.3. The molecule has 0 radical (unpaired) electrons. The number of aromatic nitrogens is 3. The van der Waals surface area contributed by atoms with Gasteiger partial charge in [0, 0.05) is 30.5 Å². The first kappa shape index (κ1) is 37.4. The van der Waals surface area contributed by atoms with Gasteiger partial charge >= 0.3 is 12.3 Å². The lowest BCUT2D eigenvalue weighted by Crippen LogP contribution is -2.46. The van der Waals surface area contributed by atoms with Crippen LogP contribution in [-0.4, -0.2) is 57.0 Å². The van der Waals surface area contributed by atoms with Gasteiger partial charge in [-0.05, 0) is 92.6 Å². The highest BCUT2D eigenvalue weighted by Crippen LogP contribution is 2.42. The van der Waals surface area contributed by atoms with E-state index in [4.69, 9.17) is 0 Å². The Morgan fingerprint density at radius 2 is 1.69 bits per heavy atom. The van der Waals surface area contributed by atoms with Crippen LogP contribution in [0.25, 0.3) is 5.69 Å². The van der Waals surface area contributed by atoms with Gasteiger partial charge in [0.25, 0.3) is 5.91 Å². The van der Waals surface area contributed by atoms with E-state index in [2.05, 4.69) is 20.1 Å². The maximum absolute atomic E-state index is 15.4. The third-order valence-electron chi connectivity index (χ3n) is 8.63. The van der Waals surface area contributed by atoms with Crippen LogP contribution in [0.4, 0.5) is 28.0 Å². The topological polar surface area (TPSA) is 147 Å². The molecule has 1 atom stereocenters. The quantitative estimate of drug-likeness (QED) is 0.134. The first-order valence-corrected chi connectivity index (χ1v) is 17.9. The van der Waals surface area contributed by atoms with Crippen LogP contribution in [0.5, 0.6) is 0 Å². The molecule has 2 amide bonds. The van der Waals surface area contributed by atoms with Crippen molar-refractivity contribution >= 4 is 27.7 Å². The van der Waals surface area contributed by atoms with E-state index in [0.29, 0.717) is 36.0 Å². The maximum Gasteiger partial charge on any atom is 0.435 e. The zero-order chi connectivity index (χ0) is 37.4. The van der Waals surface area contributed by atoms with E-state index in [1.165, 1.54) is 42.7 Å². The third kappa shape index (κ3) is 8.92. The zero-order valence-electron chi connectivity index (χ0n) is 28.3. The van der Waals surface area contributed by atoms with Crippen molar-refractivity contribution in [3.8, 4) is 5.69 Å². The van der Waals surface area contributed by atoms with Gasteiger partial charge in [-0.1, -0.05) is 31.0 Å². The largest absolute Gasteiger partial charge is 0.465 e. The highest BCUT2D eigenvalue weighted by atomic mass is 32.2. The van der Waals surface area contributed by atoms with Gasteiger partial charge < -0.3 is 10.4 Å². The van der Waals surface area contributed by atoms with E-state index in [1.54, 1.807) is 39.0 Å². The molecule has 0 saturated heterocycles. The number of anilines is 1. The molecule has 0 aliphatic heterocycles. The van der Waals surface area contributed by atoms with Gasteiger partial charge in [0.2, 0.25) is 10.0 Å². The number of pyridine rings is 1. The average Bonchev–Trinajstić information content (AvgIpc) is 3.76. The van der Waals surface area contributed by atoms with E-state index >= 15 is 4.39 Å². The highest BCUT2D eigenvalue weighted by molar-refractivity contribution is 7.88. The number of carbonyl (C=O) groups is 2. The average molecular weight is 731 g/mol. The Bertz CT molecular complexity index is 2030. The lowest BCUT2D eigenvalue weighted by atomic mass is 9.79. The molecule has 1 unspecified atom stereocenters. The van der Waals surface area contributed by atoms with Crippen LogP contribution >= 0.6 is 0 Å². The van der Waals surface area contributed by atoms with Crippen LogP contribution in [0, 0.1) is 11.7 Å². The van der Waals surface area contributed by atoms with Gasteiger partial charge in [-0.25, -0.2) is 27.0 Å². The summed E-state index contributed by atoms with van der Waals surface area (Å²) in [5.74, 6) is -1.67. The summed E-state index contributed by atoms with van der Waals surface area (Å²) in [6, 6.07) is 13.4. The molecule has 11 nitrogen and oxygen atoms in total. The van der Waals surface area contributed by atoms with Gasteiger partial charge in [-0.3, -0.25) is 14.7 Å². The number of hydrogen-bond acceptors (Lipinski definition) is 6. The van der Waals surface area contributed by atoms with Gasteiger partial charge in [0.15, 0.2) is 5.69 Å². The molecule has 51 heavy (non-hydrogen) atoms. The predicted octanol–water partition coefficient (Wildman–Crippen LogP) is 6.94. The highest BCUT2D eigenvalue weighted by Gasteiger charge is 2.40. The van der Waals surface area contributed by atoms with Crippen molar-refractivity contribution in [3.63, 3.8) is 0 Å². The second kappa shape index (κ2) is 14.1. The predicted molar refractivity (Wildman–Crippen MR) is 181 cm³/mol. The fourth-order valence-corrected chi connectivity index (χ4v) is 6.89. The second-order valence-electron chi connectivity index (χ2n) is 13.7. The van der Waals surface area contributed by atoms with E-state index in [0.717, 1.165) is 34.7 Å². The number of nitrogens with one attached hydrogen (secondary N) is 2. The molecule has 3 N–H and O–H groups in total. The first-order valence-electron chi connectivity index (χ1n) is 16.0. The van der Waals surface area contributed by atoms with E-state index in [-0.39, 0.29) is 17.8 Å². The molecule has 0 bridgehead atoms. The van der Waals surface area contributed by atoms with Crippen molar-refractivity contribution in [1.29, 1.82) is 0 Å². The van der Waals surface area contributed by atoms with E-state index in [1.807, 2.05) is 0 Å². The molecule has 5 rings (SSSR count). The van der Waals surface area contributed by atoms with Gasteiger partial charge in [0.1, 0.15) is 11.5 Å². The lowest BCUT2D eigenvalue weighted by molar-refractivity contribution is -0.141. The van der Waals surface area contributed by atoms with Gasteiger partial charge in [-0.15, -0.1) is 0 Å². The molecule has 4 aromatic rings. The van der Waals surface area contributed by atoms with Crippen LogP contribution in [0.1, 0.15) is 79.3 Å². The molecular weight excluding hydrogens is 692 g/mol. The molecular formula is C35H38F4N6O5S. The van der Waals surface area contributed by atoms with Crippen molar-refractivity contribution < 1.29 is 40.7 Å². The van der Waals surface area contributed by atoms with Crippen LogP contribution in [0.3, 0.4) is 0 Å². The normalized spacial score (nSPS) is 14.9. The minimum atomic E-state index is -4.95. The van der Waals surface area contributed by atoms with Crippen molar-refractivity contribution in [2.75, 3.05) is 11.6 Å². The summed E-state index contributed by atoms with van der Waals surface area (Å²) in [6.07, 6.45) is 0.747. The first-order chi connectivity index (χ1) is 23.8. The van der Waals surface area contributed by atoms with Gasteiger partial charge in [-0.2, -0.15) is 18.3 Å². The summed E-state index contributed by atoms with van der Waals surface area (Å²) < 4.78 is 86.3. The lowest BCUT2D eigenvalue weighted by Gasteiger charge is -2.36. The van der Waals surface area contributed by atoms with E-state index < -0.39 is 62.2 Å². The fourth-order valence-electron chi connectivity index (χ4n) is 5.92. The minimum Gasteiger partial charge on any atom is -0.465 e. The monoisotopic (exact) mass is 730 g/mol. The molecule has 1 fully saturated rings. The van der Waals surface area contributed by atoms with Crippen molar-refractivity contribution in [1.82, 2.24) is 24.4 Å². The summed E-state index contributed by atoms with van der Waals surface area (Å²) in [5, 5.41) is 15.8. The smallest absolute Gasteiger partial charge is 0.435 e. The van der Waals surface area contributed by atoms with Crippen LogP contribution in [0.15, 0.2) is 73.1 Å². The number of amides is 2. The van der Waals surface area contributed by atoms with Crippen LogP contribution in [0.2, 0.25) is 0 Å². The number of nitrogens with zero attached hydrogens (tertiary/aromatic N) is 4. The van der Waals surface area contributed by atoms with Crippen molar-refractivity contribution in [3.05, 3.63) is 107 Å².